The summed E-state index contributed by atoms with van der Waals surface area (Å²) >= 11 is 0. The Morgan fingerprint density at radius 2 is 2.00 bits per heavy atom. The van der Waals surface area contributed by atoms with E-state index >= 15 is 0 Å². The quantitative estimate of drug-likeness (QED) is 0.735. The van der Waals surface area contributed by atoms with Gasteiger partial charge in [-0.1, -0.05) is 55.3 Å². The zero-order valence-corrected chi connectivity index (χ0v) is 15.5. The molecule has 1 aliphatic heterocycles. The second-order valence-electron chi connectivity index (χ2n) is 6.93. The Morgan fingerprint density at radius 1 is 1.23 bits per heavy atom. The molecule has 0 aliphatic carbocycles. The summed E-state index contributed by atoms with van der Waals surface area (Å²) in [6, 6.07) is 9.83. The first kappa shape index (κ1) is 18.6. The van der Waals surface area contributed by atoms with Crippen molar-refractivity contribution in [3.05, 3.63) is 36.2 Å². The van der Waals surface area contributed by atoms with Crippen molar-refractivity contribution < 1.29 is 9.32 Å². The van der Waals surface area contributed by atoms with Crippen LogP contribution in [0.1, 0.15) is 44.9 Å². The average Bonchev–Trinajstić information content (AvgIpc) is 3.15. The first-order chi connectivity index (χ1) is 12.8. The number of carbonyl (C=O) groups excluding carboxylic acids is 1. The van der Waals surface area contributed by atoms with E-state index in [1.54, 1.807) is 0 Å². The molecule has 0 spiro atoms. The van der Waals surface area contributed by atoms with Gasteiger partial charge in [0, 0.05) is 18.0 Å². The molecule has 1 amide bonds. The minimum atomic E-state index is 0.135. The fourth-order valence-corrected chi connectivity index (χ4v) is 3.30. The number of nitrogens with one attached hydrogen (secondary N) is 1. The molecule has 1 aromatic heterocycles. The van der Waals surface area contributed by atoms with Gasteiger partial charge in [-0.2, -0.15) is 4.98 Å². The van der Waals surface area contributed by atoms with Crippen LogP contribution in [0.2, 0.25) is 0 Å². The first-order valence-electron chi connectivity index (χ1n) is 9.64. The molecule has 3 rings (SSSR count). The molecule has 0 saturated carbocycles. The van der Waals surface area contributed by atoms with Gasteiger partial charge in [-0.25, -0.2) is 0 Å². The third kappa shape index (κ3) is 5.14. The Hall–Kier alpha value is -2.21. The molecular weight excluding hydrogens is 328 g/mol. The van der Waals surface area contributed by atoms with Crippen molar-refractivity contribution in [1.82, 2.24) is 20.4 Å². The Labute approximate surface area is 155 Å². The predicted octanol–water partition coefficient (Wildman–Crippen LogP) is 3.26. The molecule has 2 heterocycles. The summed E-state index contributed by atoms with van der Waals surface area (Å²) < 4.78 is 5.39. The van der Waals surface area contributed by atoms with Crippen LogP contribution in [-0.4, -0.2) is 40.6 Å². The molecule has 1 fully saturated rings. The number of hydrogen-bond donors (Lipinski definition) is 1. The van der Waals surface area contributed by atoms with Gasteiger partial charge in [0.25, 0.3) is 0 Å². The summed E-state index contributed by atoms with van der Waals surface area (Å²) in [6.45, 7) is 5.39. The van der Waals surface area contributed by atoms with E-state index in [4.69, 9.17) is 4.52 Å². The molecule has 6 nitrogen and oxygen atoms in total. The lowest BCUT2D eigenvalue weighted by Crippen LogP contribution is -2.40. The third-order valence-electron chi connectivity index (χ3n) is 4.90. The summed E-state index contributed by atoms with van der Waals surface area (Å²) in [4.78, 5) is 19.0. The zero-order chi connectivity index (χ0) is 18.2. The summed E-state index contributed by atoms with van der Waals surface area (Å²) in [5.74, 6) is 1.61. The number of unbranched alkanes of at least 4 members (excludes halogenated alkanes) is 2. The number of carbonyl (C=O) groups is 1. The highest BCUT2D eigenvalue weighted by Crippen LogP contribution is 2.20. The number of benzene rings is 1. The van der Waals surface area contributed by atoms with E-state index in [1.807, 2.05) is 30.3 Å². The van der Waals surface area contributed by atoms with Crippen LogP contribution in [0.5, 0.6) is 0 Å². The Kier molecular flexibility index (Phi) is 6.77. The van der Waals surface area contributed by atoms with Crippen molar-refractivity contribution >= 4 is 5.91 Å². The number of likely N-dealkylation sites (tertiary alicyclic amines) is 1. The maximum atomic E-state index is 12.2. The first-order valence-corrected chi connectivity index (χ1v) is 9.64. The minimum Gasteiger partial charge on any atom is -0.356 e. The second-order valence-corrected chi connectivity index (χ2v) is 6.93. The van der Waals surface area contributed by atoms with Crippen LogP contribution in [0.25, 0.3) is 11.4 Å². The highest BCUT2D eigenvalue weighted by atomic mass is 16.5. The van der Waals surface area contributed by atoms with Crippen molar-refractivity contribution in [1.29, 1.82) is 0 Å². The van der Waals surface area contributed by atoms with Crippen LogP contribution in [-0.2, 0) is 11.3 Å². The molecule has 1 aromatic carbocycles. The van der Waals surface area contributed by atoms with E-state index in [-0.39, 0.29) is 11.8 Å². The number of piperidine rings is 1. The van der Waals surface area contributed by atoms with Gasteiger partial charge in [0.1, 0.15) is 0 Å². The number of amides is 1. The van der Waals surface area contributed by atoms with Crippen LogP contribution in [0.4, 0.5) is 0 Å². The lowest BCUT2D eigenvalue weighted by atomic mass is 9.96. The molecule has 1 saturated heterocycles. The van der Waals surface area contributed by atoms with Gasteiger partial charge in [-0.3, -0.25) is 9.69 Å². The predicted molar refractivity (Wildman–Crippen MR) is 100 cm³/mol. The van der Waals surface area contributed by atoms with E-state index in [9.17, 15) is 4.79 Å². The highest BCUT2D eigenvalue weighted by Gasteiger charge is 2.25. The van der Waals surface area contributed by atoms with Crippen LogP contribution < -0.4 is 5.32 Å². The Morgan fingerprint density at radius 3 is 2.73 bits per heavy atom. The molecule has 0 radical (unpaired) electrons. The van der Waals surface area contributed by atoms with Gasteiger partial charge >= 0.3 is 0 Å². The molecule has 140 valence electrons. The van der Waals surface area contributed by atoms with Gasteiger partial charge in [-0.05, 0) is 32.4 Å². The van der Waals surface area contributed by atoms with Crippen LogP contribution in [0.15, 0.2) is 34.9 Å². The lowest BCUT2D eigenvalue weighted by Gasteiger charge is -2.30. The highest BCUT2D eigenvalue weighted by molar-refractivity contribution is 5.78. The molecule has 2 aromatic rings. The van der Waals surface area contributed by atoms with Crippen LogP contribution in [0.3, 0.4) is 0 Å². The number of aromatic nitrogens is 2. The van der Waals surface area contributed by atoms with E-state index in [0.29, 0.717) is 18.3 Å². The molecular formula is C20H28N4O2. The van der Waals surface area contributed by atoms with E-state index in [0.717, 1.165) is 44.5 Å². The molecule has 0 unspecified atom stereocenters. The maximum absolute atomic E-state index is 12.2. The van der Waals surface area contributed by atoms with Gasteiger partial charge in [0.2, 0.25) is 17.6 Å². The Balaban J connectivity index is 1.43. The van der Waals surface area contributed by atoms with Crippen LogP contribution >= 0.6 is 0 Å². The smallest absolute Gasteiger partial charge is 0.241 e. The summed E-state index contributed by atoms with van der Waals surface area (Å²) in [5, 5.41) is 7.14. The minimum absolute atomic E-state index is 0.135. The molecule has 26 heavy (non-hydrogen) atoms. The molecule has 0 bridgehead atoms. The average molecular weight is 356 g/mol. The normalized spacial score (nSPS) is 15.9. The maximum Gasteiger partial charge on any atom is 0.241 e. The van der Waals surface area contributed by atoms with Gasteiger partial charge < -0.3 is 9.84 Å². The van der Waals surface area contributed by atoms with Crippen molar-refractivity contribution in [2.45, 2.75) is 45.6 Å². The number of hydrogen-bond acceptors (Lipinski definition) is 5. The van der Waals surface area contributed by atoms with E-state index in [2.05, 4.69) is 27.3 Å². The van der Waals surface area contributed by atoms with E-state index in [1.165, 1.54) is 12.8 Å². The van der Waals surface area contributed by atoms with Crippen molar-refractivity contribution in [2.24, 2.45) is 5.92 Å². The molecule has 1 aliphatic rings. The largest absolute Gasteiger partial charge is 0.356 e. The van der Waals surface area contributed by atoms with Crippen LogP contribution in [0, 0.1) is 5.92 Å². The molecule has 0 atom stereocenters. The second kappa shape index (κ2) is 9.48. The lowest BCUT2D eigenvalue weighted by molar-refractivity contribution is -0.126. The summed E-state index contributed by atoms with van der Waals surface area (Å²) in [6.07, 6.45) is 5.20. The molecule has 1 N–H and O–H groups in total. The number of nitrogens with zero attached hydrogens (tertiary/aromatic N) is 3. The van der Waals surface area contributed by atoms with Gasteiger partial charge in [0.05, 0.1) is 6.54 Å². The van der Waals surface area contributed by atoms with Crippen molar-refractivity contribution in [2.75, 3.05) is 19.6 Å². The molecule has 6 heteroatoms. The van der Waals surface area contributed by atoms with E-state index < -0.39 is 0 Å². The summed E-state index contributed by atoms with van der Waals surface area (Å²) in [7, 11) is 0. The topological polar surface area (TPSA) is 71.3 Å². The number of rotatable bonds is 8. The van der Waals surface area contributed by atoms with Crippen molar-refractivity contribution in [3.8, 4) is 11.4 Å². The SMILES string of the molecule is CCCCCNC(=O)C1CCN(Cc2nc(-c3ccccc3)no2)CC1. The fraction of sp³-hybridized carbons (Fsp3) is 0.550. The Bertz CT molecular complexity index is 678. The monoisotopic (exact) mass is 356 g/mol. The standard InChI is InChI=1S/C20H28N4O2/c1-2-3-7-12-21-20(25)17-10-13-24(14-11-17)15-18-22-19(23-26-18)16-8-5-4-6-9-16/h4-6,8-9,17H,2-3,7,10-15H2,1H3,(H,21,25). The van der Waals surface area contributed by atoms with Gasteiger partial charge in [0.15, 0.2) is 0 Å². The van der Waals surface area contributed by atoms with Gasteiger partial charge in [-0.15, -0.1) is 0 Å². The zero-order valence-electron chi connectivity index (χ0n) is 15.5. The third-order valence-corrected chi connectivity index (χ3v) is 4.90. The fourth-order valence-electron chi connectivity index (χ4n) is 3.30. The summed E-state index contributed by atoms with van der Waals surface area (Å²) in [5.41, 5.74) is 0.959. The van der Waals surface area contributed by atoms with Crippen molar-refractivity contribution in [3.63, 3.8) is 0 Å².